The van der Waals surface area contributed by atoms with Gasteiger partial charge < -0.3 is 37.2 Å². The summed E-state index contributed by atoms with van der Waals surface area (Å²) in [6.45, 7) is 0. The quantitative estimate of drug-likeness (QED) is 0.213. The van der Waals surface area contributed by atoms with E-state index < -0.39 is 0 Å². The molecule has 0 aliphatic heterocycles. The normalized spacial score (nSPS) is 6.22. The Morgan fingerprint density at radius 2 is 1.44 bits per heavy atom. The Morgan fingerprint density at radius 3 is 1.56 bits per heavy atom. The summed E-state index contributed by atoms with van der Waals surface area (Å²) in [5.41, 5.74) is 7.50. The summed E-state index contributed by atoms with van der Waals surface area (Å²) < 4.78 is 0. The second-order valence-corrected chi connectivity index (χ2v) is 0.625. The van der Waals surface area contributed by atoms with Crippen LogP contribution < -0.4 is 37.2 Å². The molecule has 0 aromatic carbocycles. The molecule has 0 aromatic rings. The fourth-order valence-corrected chi connectivity index (χ4v) is 0.156. The summed E-state index contributed by atoms with van der Waals surface area (Å²) in [5.74, 6) is 0. The zero-order chi connectivity index (χ0) is 3.54. The van der Waals surface area contributed by atoms with Gasteiger partial charge in [0.25, 0.3) is 0 Å². The topological polar surface area (TPSA) is 0 Å². The molecule has 0 fully saturated rings. The van der Waals surface area contributed by atoms with Gasteiger partial charge in [0, 0.05) is 0 Å². The van der Waals surface area contributed by atoms with E-state index in [1.807, 2.05) is 0 Å². The van der Waals surface area contributed by atoms with Crippen molar-refractivity contribution in [2.45, 2.75) is 0 Å². The molecule has 45 valence electrons. The van der Waals surface area contributed by atoms with E-state index in [1.54, 1.807) is 0 Å². The summed E-state index contributed by atoms with van der Waals surface area (Å²) in [5, 5.41) is 0. The first-order valence-electron chi connectivity index (χ1n) is 1.25. The molecule has 0 atom stereocenters. The van der Waals surface area contributed by atoms with Crippen molar-refractivity contribution in [1.29, 1.82) is 0 Å². The van der Waals surface area contributed by atoms with E-state index in [0.717, 1.165) is 0 Å². The maximum Gasteiger partial charge on any atom is 4.00 e. The molecule has 0 bridgehead atoms. The van der Waals surface area contributed by atoms with Gasteiger partial charge in [-0.15, -0.1) is 12.2 Å². The van der Waals surface area contributed by atoms with Crippen LogP contribution in [0, 0.1) is 12.2 Å². The van der Waals surface area contributed by atoms with E-state index in [1.165, 1.54) is 0 Å². The SMILES string of the molecule is [C]1=C=C=C=[C-]1.[Cl-].[Cl-].[Cl-].[Ti+4]. The molecule has 1 aliphatic carbocycles. The van der Waals surface area contributed by atoms with Crippen molar-refractivity contribution < 1.29 is 58.9 Å². The van der Waals surface area contributed by atoms with E-state index in [0.29, 0.717) is 0 Å². The fraction of sp³-hybridized carbons (Fsp3) is 0. The van der Waals surface area contributed by atoms with Gasteiger partial charge in [0.2, 0.25) is 0 Å². The van der Waals surface area contributed by atoms with Crippen LogP contribution in [0.1, 0.15) is 0 Å². The Bertz CT molecular complexity index is 141. The van der Waals surface area contributed by atoms with Crippen molar-refractivity contribution in [1.82, 2.24) is 0 Å². The Labute approximate surface area is 87.9 Å². The first-order valence-corrected chi connectivity index (χ1v) is 1.25. The molecule has 0 spiro atoms. The maximum absolute atomic E-state index is 2.50. The van der Waals surface area contributed by atoms with Gasteiger partial charge in [-0.1, -0.05) is 0 Å². The fourth-order valence-electron chi connectivity index (χ4n) is 0.156. The van der Waals surface area contributed by atoms with Crippen LogP contribution in [-0.2, 0) is 21.7 Å². The molecular formula is C5Cl3Ti. The van der Waals surface area contributed by atoms with Crippen LogP contribution in [0.3, 0.4) is 0 Å². The number of hydrogen-bond acceptors (Lipinski definition) is 0. The molecule has 0 aromatic heterocycles. The molecule has 0 amide bonds. The zero-order valence-electron chi connectivity index (χ0n) is 4.13. The molecular weight excluding hydrogens is 214 g/mol. The largest absolute Gasteiger partial charge is 4.00 e. The van der Waals surface area contributed by atoms with E-state index in [4.69, 9.17) is 0 Å². The van der Waals surface area contributed by atoms with Crippen LogP contribution in [0.15, 0.2) is 17.2 Å². The van der Waals surface area contributed by atoms with Crippen LogP contribution >= 0.6 is 0 Å². The molecule has 1 radical (unpaired) electrons. The summed E-state index contributed by atoms with van der Waals surface area (Å²) in [6.07, 6.45) is 5.00. The molecule has 1 rings (SSSR count). The van der Waals surface area contributed by atoms with Crippen molar-refractivity contribution in [2.75, 3.05) is 0 Å². The van der Waals surface area contributed by atoms with Crippen molar-refractivity contribution in [3.05, 3.63) is 29.3 Å². The second kappa shape index (κ2) is 15.9. The molecule has 4 heteroatoms. The molecule has 1 aliphatic rings. The van der Waals surface area contributed by atoms with Crippen LogP contribution in [0.2, 0.25) is 0 Å². The van der Waals surface area contributed by atoms with Gasteiger partial charge in [-0.25, -0.2) is 5.73 Å². The third-order valence-electron chi connectivity index (χ3n) is 0.312. The Morgan fingerprint density at radius 1 is 0.889 bits per heavy atom. The molecule has 0 heterocycles. The van der Waals surface area contributed by atoms with Crippen LogP contribution in [0.25, 0.3) is 0 Å². The van der Waals surface area contributed by atoms with Gasteiger partial charge in [-0.3, -0.25) is 11.5 Å². The summed E-state index contributed by atoms with van der Waals surface area (Å²) in [7, 11) is 0. The van der Waals surface area contributed by atoms with Gasteiger partial charge in [0.1, 0.15) is 0 Å². The predicted molar refractivity (Wildman–Crippen MR) is 17.0 cm³/mol. The van der Waals surface area contributed by atoms with E-state index in [-0.39, 0.29) is 58.9 Å². The third-order valence-corrected chi connectivity index (χ3v) is 0.312. The Hall–Kier alpha value is 0.664. The third kappa shape index (κ3) is 12.0. The first-order chi connectivity index (χ1) is 2.50. The van der Waals surface area contributed by atoms with Crippen molar-refractivity contribution in [3.8, 4) is 0 Å². The van der Waals surface area contributed by atoms with Gasteiger partial charge in [-0.05, 0) is 0 Å². The minimum atomic E-state index is 0. The zero-order valence-corrected chi connectivity index (χ0v) is 7.96. The number of allylic oxidation sites excluding steroid dienone is 2. The number of halogens is 3. The first kappa shape index (κ1) is 22.6. The van der Waals surface area contributed by atoms with Crippen LogP contribution in [0.5, 0.6) is 0 Å². The minimum absolute atomic E-state index is 0. The van der Waals surface area contributed by atoms with E-state index in [2.05, 4.69) is 29.3 Å². The van der Waals surface area contributed by atoms with Crippen LogP contribution in [-0.4, -0.2) is 0 Å². The predicted octanol–water partition coefficient (Wildman–Crippen LogP) is -8.36. The van der Waals surface area contributed by atoms with Crippen molar-refractivity contribution in [3.63, 3.8) is 0 Å². The molecule has 0 nitrogen and oxygen atoms in total. The Balaban J connectivity index is -0.0000000312. The van der Waals surface area contributed by atoms with E-state index in [9.17, 15) is 0 Å². The molecule has 0 saturated heterocycles. The van der Waals surface area contributed by atoms with E-state index >= 15 is 0 Å². The molecule has 0 N–H and O–H groups in total. The summed E-state index contributed by atoms with van der Waals surface area (Å²) >= 11 is 0. The standard InChI is InChI=1S/C5.3ClH.Ti/c1-2-4-5-3-1;;;;/h;3*1H;/q-1;;;;+4/p-3. The summed E-state index contributed by atoms with van der Waals surface area (Å²) in [6, 6.07) is 0. The monoisotopic (exact) mass is 213 g/mol. The van der Waals surface area contributed by atoms with Gasteiger partial charge in [0.15, 0.2) is 0 Å². The Kier molecular flexibility index (Phi) is 39.9. The van der Waals surface area contributed by atoms with Gasteiger partial charge in [0.05, 0.1) is 0 Å². The average Bonchev–Trinajstić information content (AvgIpc) is 1.76. The molecule has 0 saturated carbocycles. The number of rotatable bonds is 0. The van der Waals surface area contributed by atoms with Crippen molar-refractivity contribution >= 4 is 0 Å². The minimum Gasteiger partial charge on any atom is -1.00 e. The second-order valence-electron chi connectivity index (χ2n) is 0.625. The molecule has 0 unspecified atom stereocenters. The summed E-state index contributed by atoms with van der Waals surface area (Å²) in [4.78, 5) is 0. The van der Waals surface area contributed by atoms with Gasteiger partial charge in [-0.2, -0.15) is 0 Å². The van der Waals surface area contributed by atoms with Gasteiger partial charge >= 0.3 is 21.7 Å². The number of hydrogen-bond donors (Lipinski definition) is 0. The average molecular weight is 214 g/mol. The molecule has 9 heavy (non-hydrogen) atoms. The maximum atomic E-state index is 2.50. The van der Waals surface area contributed by atoms with Crippen molar-refractivity contribution in [2.24, 2.45) is 0 Å². The smallest absolute Gasteiger partial charge is 1.00 e. The van der Waals surface area contributed by atoms with Crippen LogP contribution in [0.4, 0.5) is 0 Å².